The SMILES string of the molecule is CON=C(C1CCCCC1)C(CCN1CCN(c2cccc3c2OCCO3)CC1)c1ccccc1C#N. The lowest BCUT2D eigenvalue weighted by molar-refractivity contribution is 0.171. The van der Waals surface area contributed by atoms with Crippen LogP contribution in [0.15, 0.2) is 47.6 Å². The third-order valence-corrected chi connectivity index (χ3v) is 8.03. The quantitative estimate of drug-likeness (QED) is 0.365. The lowest BCUT2D eigenvalue weighted by Crippen LogP contribution is -2.47. The Morgan fingerprint density at radius 1 is 1.03 bits per heavy atom. The van der Waals surface area contributed by atoms with Gasteiger partial charge in [0.25, 0.3) is 0 Å². The Bertz CT molecular complexity index is 1110. The molecule has 0 N–H and O–H groups in total. The topological polar surface area (TPSA) is 70.3 Å². The highest BCUT2D eigenvalue weighted by Crippen LogP contribution is 2.40. The van der Waals surface area contributed by atoms with Crippen molar-refractivity contribution in [1.29, 1.82) is 5.26 Å². The van der Waals surface area contributed by atoms with Crippen molar-refractivity contribution in [2.75, 3.05) is 57.9 Å². The van der Waals surface area contributed by atoms with Crippen LogP contribution in [0.4, 0.5) is 5.69 Å². The molecule has 0 bridgehead atoms. The van der Waals surface area contributed by atoms with Gasteiger partial charge in [0.2, 0.25) is 0 Å². The Balaban J connectivity index is 1.29. The molecule has 1 saturated heterocycles. The van der Waals surface area contributed by atoms with Gasteiger partial charge in [-0.3, -0.25) is 4.90 Å². The van der Waals surface area contributed by atoms with Gasteiger partial charge in [0, 0.05) is 38.0 Å². The van der Waals surface area contributed by atoms with E-state index in [1.807, 2.05) is 30.3 Å². The molecule has 0 spiro atoms. The largest absolute Gasteiger partial charge is 0.486 e. The second-order valence-corrected chi connectivity index (χ2v) is 10.2. The smallest absolute Gasteiger partial charge is 0.184 e. The van der Waals surface area contributed by atoms with Gasteiger partial charge in [-0.25, -0.2) is 0 Å². The summed E-state index contributed by atoms with van der Waals surface area (Å²) < 4.78 is 11.7. The molecule has 1 aliphatic carbocycles. The van der Waals surface area contributed by atoms with Gasteiger partial charge in [0.15, 0.2) is 11.5 Å². The van der Waals surface area contributed by atoms with E-state index in [9.17, 15) is 5.26 Å². The number of piperazine rings is 1. The summed E-state index contributed by atoms with van der Waals surface area (Å²) in [5, 5.41) is 14.5. The Hall–Kier alpha value is -3.24. The average Bonchev–Trinajstić information content (AvgIpc) is 2.97. The van der Waals surface area contributed by atoms with Crippen LogP contribution in [0.1, 0.15) is 55.6 Å². The molecule has 3 aliphatic rings. The molecule has 1 saturated carbocycles. The molecule has 1 atom stereocenters. The fourth-order valence-electron chi connectivity index (χ4n) is 6.12. The molecule has 2 aromatic rings. The number of ether oxygens (including phenoxy) is 2. The van der Waals surface area contributed by atoms with Crippen LogP contribution in [0.25, 0.3) is 0 Å². The maximum absolute atomic E-state index is 9.87. The first-order chi connectivity index (χ1) is 18.3. The molecule has 7 nitrogen and oxygen atoms in total. The average molecular weight is 503 g/mol. The van der Waals surface area contributed by atoms with Crippen molar-refractivity contribution in [1.82, 2.24) is 4.90 Å². The molecule has 0 radical (unpaired) electrons. The van der Waals surface area contributed by atoms with E-state index in [-0.39, 0.29) is 5.92 Å². The summed E-state index contributed by atoms with van der Waals surface area (Å²) in [7, 11) is 1.65. The van der Waals surface area contributed by atoms with Gasteiger partial charge in [-0.05, 0) is 49.6 Å². The number of hydrogen-bond acceptors (Lipinski definition) is 7. The molecule has 2 fully saturated rings. The van der Waals surface area contributed by atoms with Gasteiger partial charge < -0.3 is 19.2 Å². The number of rotatable bonds is 8. The highest BCUT2D eigenvalue weighted by Gasteiger charge is 2.31. The van der Waals surface area contributed by atoms with E-state index in [1.54, 1.807) is 7.11 Å². The Morgan fingerprint density at radius 2 is 1.81 bits per heavy atom. The molecular weight excluding hydrogens is 464 g/mol. The van der Waals surface area contributed by atoms with Gasteiger partial charge in [-0.15, -0.1) is 0 Å². The maximum atomic E-state index is 9.87. The lowest BCUT2D eigenvalue weighted by Gasteiger charge is -2.38. The Kier molecular flexibility index (Phi) is 8.47. The number of anilines is 1. The highest BCUT2D eigenvalue weighted by atomic mass is 16.6. The summed E-state index contributed by atoms with van der Waals surface area (Å²) in [6, 6.07) is 16.6. The fourth-order valence-corrected chi connectivity index (χ4v) is 6.12. The second kappa shape index (κ2) is 12.3. The van der Waals surface area contributed by atoms with Gasteiger partial charge in [-0.2, -0.15) is 5.26 Å². The number of hydrogen-bond donors (Lipinski definition) is 0. The number of para-hydroxylation sites is 1. The van der Waals surface area contributed by atoms with E-state index in [2.05, 4.69) is 33.2 Å². The van der Waals surface area contributed by atoms with Crippen molar-refractivity contribution in [3.05, 3.63) is 53.6 Å². The normalized spacial score (nSPS) is 19.8. The fraction of sp³-hybridized carbons (Fsp3) is 0.533. The van der Waals surface area contributed by atoms with Crippen LogP contribution in [-0.4, -0.2) is 63.7 Å². The van der Waals surface area contributed by atoms with Gasteiger partial charge in [0.05, 0.1) is 23.0 Å². The first kappa shape index (κ1) is 25.4. The first-order valence-electron chi connectivity index (χ1n) is 13.7. The van der Waals surface area contributed by atoms with Crippen molar-refractivity contribution >= 4 is 11.4 Å². The third kappa shape index (κ3) is 5.86. The van der Waals surface area contributed by atoms with Gasteiger partial charge >= 0.3 is 0 Å². The van der Waals surface area contributed by atoms with E-state index >= 15 is 0 Å². The van der Waals surface area contributed by atoms with Crippen LogP contribution in [0.2, 0.25) is 0 Å². The molecule has 0 amide bonds. The van der Waals surface area contributed by atoms with Crippen molar-refractivity contribution in [2.45, 2.75) is 44.4 Å². The monoisotopic (exact) mass is 502 g/mol. The summed E-state index contributed by atoms with van der Waals surface area (Å²) >= 11 is 0. The van der Waals surface area contributed by atoms with E-state index in [4.69, 9.17) is 14.3 Å². The van der Waals surface area contributed by atoms with Gasteiger partial charge in [0.1, 0.15) is 20.3 Å². The minimum Gasteiger partial charge on any atom is -0.486 e. The zero-order valence-corrected chi connectivity index (χ0v) is 21.9. The number of benzene rings is 2. The van der Waals surface area contributed by atoms with Crippen molar-refractivity contribution in [3.63, 3.8) is 0 Å². The molecule has 1 unspecified atom stereocenters. The van der Waals surface area contributed by atoms with Crippen LogP contribution in [0.5, 0.6) is 11.5 Å². The summed E-state index contributed by atoms with van der Waals surface area (Å²) in [4.78, 5) is 10.3. The molecule has 37 heavy (non-hydrogen) atoms. The van der Waals surface area contributed by atoms with E-state index < -0.39 is 0 Å². The number of oxime groups is 1. The van der Waals surface area contributed by atoms with E-state index in [0.717, 1.165) is 86.0 Å². The number of nitrogens with zero attached hydrogens (tertiary/aromatic N) is 4. The minimum atomic E-state index is 0.0867. The van der Waals surface area contributed by atoms with E-state index in [0.29, 0.717) is 19.1 Å². The van der Waals surface area contributed by atoms with E-state index in [1.165, 1.54) is 19.3 Å². The molecule has 196 valence electrons. The highest BCUT2D eigenvalue weighted by molar-refractivity contribution is 5.93. The molecular formula is C30H38N4O3. The molecule has 2 aliphatic heterocycles. The third-order valence-electron chi connectivity index (χ3n) is 8.03. The lowest BCUT2D eigenvalue weighted by atomic mass is 9.76. The van der Waals surface area contributed by atoms with Crippen LogP contribution in [0.3, 0.4) is 0 Å². The molecule has 7 heteroatoms. The molecule has 2 heterocycles. The van der Waals surface area contributed by atoms with Crippen LogP contribution < -0.4 is 14.4 Å². The van der Waals surface area contributed by atoms with Crippen LogP contribution in [0, 0.1) is 17.2 Å². The molecule has 5 rings (SSSR count). The maximum Gasteiger partial charge on any atom is 0.184 e. The summed E-state index contributed by atoms with van der Waals surface area (Å²) in [6.07, 6.45) is 7.00. The predicted octanol–water partition coefficient (Wildman–Crippen LogP) is 5.21. The predicted molar refractivity (Wildman–Crippen MR) is 146 cm³/mol. The summed E-state index contributed by atoms with van der Waals surface area (Å²) in [5.74, 6) is 2.23. The first-order valence-corrected chi connectivity index (χ1v) is 13.7. The summed E-state index contributed by atoms with van der Waals surface area (Å²) in [5.41, 5.74) is 4.08. The molecule has 2 aromatic carbocycles. The molecule has 0 aromatic heterocycles. The van der Waals surface area contributed by atoms with Crippen LogP contribution in [-0.2, 0) is 4.84 Å². The van der Waals surface area contributed by atoms with Crippen LogP contribution >= 0.6 is 0 Å². The number of fused-ring (bicyclic) bond motifs is 1. The Labute approximate surface area is 220 Å². The number of nitriles is 1. The van der Waals surface area contributed by atoms with Gasteiger partial charge in [-0.1, -0.05) is 48.7 Å². The van der Waals surface area contributed by atoms with Crippen molar-refractivity contribution in [3.8, 4) is 17.6 Å². The summed E-state index contributed by atoms with van der Waals surface area (Å²) in [6.45, 7) is 6.02. The standard InChI is InChI=1S/C30H38N4O3/c1-35-32-29(23-8-3-2-4-9-23)26(25-11-6-5-10-24(25)22-31)14-15-33-16-18-34(19-17-33)27-12-7-13-28-30(27)37-21-20-36-28/h5-7,10-13,23,26H,2-4,8-9,14-21H2,1H3. The van der Waals surface area contributed by atoms with Crippen molar-refractivity contribution in [2.24, 2.45) is 11.1 Å². The minimum absolute atomic E-state index is 0.0867. The zero-order chi connectivity index (χ0) is 25.5. The Morgan fingerprint density at radius 3 is 2.59 bits per heavy atom. The van der Waals surface area contributed by atoms with Crippen molar-refractivity contribution < 1.29 is 14.3 Å². The second-order valence-electron chi connectivity index (χ2n) is 10.2. The zero-order valence-electron chi connectivity index (χ0n) is 21.9.